The molecular formula is C7H4BrF3IN. The summed E-state index contributed by atoms with van der Waals surface area (Å²) in [5, 5.41) is 0.126. The summed E-state index contributed by atoms with van der Waals surface area (Å²) in [4.78, 5) is 3.41. The number of halogens is 5. The van der Waals surface area contributed by atoms with E-state index < -0.39 is 12.4 Å². The summed E-state index contributed by atoms with van der Waals surface area (Å²) in [6.07, 6.45) is -2.62. The lowest BCUT2D eigenvalue weighted by atomic mass is 10.2. The highest BCUT2D eigenvalue weighted by atomic mass is 127. The Hall–Kier alpha value is 0.150. The third-order valence-electron chi connectivity index (χ3n) is 1.41. The lowest BCUT2D eigenvalue weighted by Gasteiger charge is -2.06. The molecule has 13 heavy (non-hydrogen) atoms. The minimum atomic E-state index is -2.62. The van der Waals surface area contributed by atoms with Gasteiger partial charge in [-0.05, 0) is 28.7 Å². The van der Waals surface area contributed by atoms with E-state index in [4.69, 9.17) is 0 Å². The van der Waals surface area contributed by atoms with Gasteiger partial charge in [-0.2, -0.15) is 4.39 Å². The van der Waals surface area contributed by atoms with E-state index in [0.29, 0.717) is 0 Å². The minimum absolute atomic E-state index is 0.0490. The Kier molecular flexibility index (Phi) is 3.96. The summed E-state index contributed by atoms with van der Waals surface area (Å²) < 4.78 is 37.6. The number of hydrogen-bond acceptors (Lipinski definition) is 1. The molecule has 0 bridgehead atoms. The molecule has 0 radical (unpaired) electrons. The smallest absolute Gasteiger partial charge is 0.223 e. The molecule has 72 valence electrons. The van der Waals surface area contributed by atoms with Crippen molar-refractivity contribution in [2.75, 3.05) is 0 Å². The zero-order chi connectivity index (χ0) is 10.0. The second-order valence-corrected chi connectivity index (χ2v) is 3.95. The molecule has 1 nitrogen and oxygen atoms in total. The van der Waals surface area contributed by atoms with Gasteiger partial charge >= 0.3 is 0 Å². The molecule has 0 atom stereocenters. The average Bonchev–Trinajstić information content (AvgIpc) is 2.08. The highest BCUT2D eigenvalue weighted by Crippen LogP contribution is 2.25. The highest BCUT2D eigenvalue weighted by Gasteiger charge is 2.16. The molecule has 1 aromatic heterocycles. The van der Waals surface area contributed by atoms with E-state index in [1.807, 2.05) is 0 Å². The van der Waals surface area contributed by atoms with E-state index in [0.717, 1.165) is 6.07 Å². The first-order chi connectivity index (χ1) is 6.06. The molecule has 0 aliphatic rings. The lowest BCUT2D eigenvalue weighted by molar-refractivity contribution is 0.149. The van der Waals surface area contributed by atoms with E-state index in [1.54, 1.807) is 22.6 Å². The van der Waals surface area contributed by atoms with Gasteiger partial charge in [0.15, 0.2) is 0 Å². The van der Waals surface area contributed by atoms with Crippen molar-refractivity contribution in [3.63, 3.8) is 0 Å². The van der Waals surface area contributed by atoms with Crippen LogP contribution in [-0.4, -0.2) is 4.98 Å². The molecule has 0 fully saturated rings. The van der Waals surface area contributed by atoms with Gasteiger partial charge in [0.2, 0.25) is 5.95 Å². The van der Waals surface area contributed by atoms with Crippen molar-refractivity contribution >= 4 is 38.5 Å². The summed E-state index contributed by atoms with van der Waals surface area (Å²) in [5.41, 5.74) is -0.171. The molecule has 0 unspecified atom stereocenters. The number of pyridine rings is 1. The van der Waals surface area contributed by atoms with Crippen LogP contribution in [0.15, 0.2) is 6.07 Å². The summed E-state index contributed by atoms with van der Waals surface area (Å²) >= 11 is 4.60. The molecule has 1 heterocycles. The Balaban J connectivity index is 3.25. The predicted molar refractivity (Wildman–Crippen MR) is 54.5 cm³/mol. The van der Waals surface area contributed by atoms with Crippen LogP contribution in [-0.2, 0) is 5.33 Å². The van der Waals surface area contributed by atoms with Crippen LogP contribution in [0, 0.1) is 9.52 Å². The van der Waals surface area contributed by atoms with Gasteiger partial charge in [-0.15, -0.1) is 0 Å². The normalized spacial score (nSPS) is 10.9. The first-order valence-corrected chi connectivity index (χ1v) is 5.45. The van der Waals surface area contributed by atoms with Crippen LogP contribution in [0.5, 0.6) is 0 Å². The van der Waals surface area contributed by atoms with Crippen molar-refractivity contribution in [2.24, 2.45) is 0 Å². The maximum Gasteiger partial charge on any atom is 0.265 e. The molecule has 1 aromatic rings. The maximum atomic E-state index is 12.8. The van der Waals surface area contributed by atoms with Crippen molar-refractivity contribution in [1.29, 1.82) is 0 Å². The molecule has 0 saturated carbocycles. The molecule has 0 aliphatic heterocycles. The summed E-state index contributed by atoms with van der Waals surface area (Å²) in [6.45, 7) is 0. The molecule has 0 spiro atoms. The van der Waals surface area contributed by atoms with Crippen LogP contribution < -0.4 is 0 Å². The average molecular weight is 366 g/mol. The van der Waals surface area contributed by atoms with Crippen LogP contribution in [0.25, 0.3) is 0 Å². The van der Waals surface area contributed by atoms with Gasteiger partial charge in [0.05, 0.1) is 9.26 Å². The van der Waals surface area contributed by atoms with E-state index >= 15 is 0 Å². The van der Waals surface area contributed by atoms with Crippen molar-refractivity contribution in [3.8, 4) is 0 Å². The quantitative estimate of drug-likeness (QED) is 0.443. The van der Waals surface area contributed by atoms with Crippen molar-refractivity contribution in [2.45, 2.75) is 11.8 Å². The number of aromatic nitrogens is 1. The van der Waals surface area contributed by atoms with Crippen molar-refractivity contribution in [1.82, 2.24) is 4.98 Å². The largest absolute Gasteiger partial charge is 0.265 e. The second kappa shape index (κ2) is 4.59. The number of rotatable bonds is 2. The molecule has 0 aliphatic carbocycles. The Labute approximate surface area is 95.0 Å². The topological polar surface area (TPSA) is 12.9 Å². The van der Waals surface area contributed by atoms with Gasteiger partial charge in [-0.3, -0.25) is 0 Å². The number of alkyl halides is 3. The van der Waals surface area contributed by atoms with Gasteiger partial charge in [-0.25, -0.2) is 13.8 Å². The van der Waals surface area contributed by atoms with Gasteiger partial charge in [0.1, 0.15) is 0 Å². The molecule has 0 aromatic carbocycles. The molecule has 0 N–H and O–H groups in total. The van der Waals surface area contributed by atoms with Gasteiger partial charge in [-0.1, -0.05) is 15.9 Å². The van der Waals surface area contributed by atoms with Crippen molar-refractivity contribution < 1.29 is 13.2 Å². The highest BCUT2D eigenvalue weighted by molar-refractivity contribution is 14.1. The first kappa shape index (κ1) is 11.2. The fourth-order valence-electron chi connectivity index (χ4n) is 0.812. The van der Waals surface area contributed by atoms with Crippen LogP contribution in [0.4, 0.5) is 13.2 Å². The minimum Gasteiger partial charge on any atom is -0.223 e. The zero-order valence-corrected chi connectivity index (χ0v) is 9.94. The third-order valence-corrected chi connectivity index (χ3v) is 2.69. The Morgan fingerprint density at radius 1 is 1.54 bits per heavy atom. The second-order valence-electron chi connectivity index (χ2n) is 2.23. The van der Waals surface area contributed by atoms with Gasteiger partial charge in [0, 0.05) is 10.9 Å². The van der Waals surface area contributed by atoms with Gasteiger partial charge in [0.25, 0.3) is 6.43 Å². The Bertz CT molecular complexity index is 319. The first-order valence-electron chi connectivity index (χ1n) is 3.25. The van der Waals surface area contributed by atoms with Gasteiger partial charge < -0.3 is 0 Å². The summed E-state index contributed by atoms with van der Waals surface area (Å²) in [6, 6.07) is 1.12. The molecule has 0 saturated heterocycles. The zero-order valence-electron chi connectivity index (χ0n) is 6.20. The number of nitrogens with zero attached hydrogens (tertiary/aromatic N) is 1. The predicted octanol–water partition coefficient (Wildman–Crippen LogP) is 3.66. The van der Waals surface area contributed by atoms with Crippen LogP contribution in [0.2, 0.25) is 0 Å². The van der Waals surface area contributed by atoms with Crippen molar-refractivity contribution in [3.05, 3.63) is 26.8 Å². The van der Waals surface area contributed by atoms with E-state index in [-0.39, 0.29) is 20.2 Å². The maximum absolute atomic E-state index is 12.8. The fraction of sp³-hybridized carbons (Fsp3) is 0.286. The van der Waals surface area contributed by atoms with E-state index in [9.17, 15) is 13.2 Å². The summed E-state index contributed by atoms with van der Waals surface area (Å²) in [7, 11) is 0. The fourth-order valence-corrected chi connectivity index (χ4v) is 1.72. The molecule has 0 amide bonds. The van der Waals surface area contributed by atoms with Crippen LogP contribution >= 0.6 is 38.5 Å². The number of hydrogen-bond donors (Lipinski definition) is 0. The van der Waals surface area contributed by atoms with Crippen LogP contribution in [0.3, 0.4) is 0 Å². The third kappa shape index (κ3) is 2.55. The van der Waals surface area contributed by atoms with E-state index in [2.05, 4.69) is 20.9 Å². The van der Waals surface area contributed by atoms with E-state index in [1.165, 1.54) is 0 Å². The standard InChI is InChI=1S/C7H4BrF3IN/c8-2-5-3(6(9)10)1-4(12)7(11)13-5/h1,6H,2H2. The SMILES string of the molecule is Fc1nc(CBr)c(C(F)F)cc1I. The Morgan fingerprint density at radius 3 is 2.62 bits per heavy atom. The molecular weight excluding hydrogens is 362 g/mol. The Morgan fingerprint density at radius 2 is 2.15 bits per heavy atom. The van der Waals surface area contributed by atoms with Crippen LogP contribution in [0.1, 0.15) is 17.7 Å². The molecule has 1 rings (SSSR count). The lowest BCUT2D eigenvalue weighted by Crippen LogP contribution is -2.00. The summed E-state index contributed by atoms with van der Waals surface area (Å²) in [5.74, 6) is -0.709. The molecule has 6 heteroatoms. The monoisotopic (exact) mass is 365 g/mol.